The fourth-order valence-electron chi connectivity index (χ4n) is 3.42. The molecule has 3 atom stereocenters. The van der Waals surface area contributed by atoms with Crippen molar-refractivity contribution in [2.45, 2.75) is 32.1 Å². The van der Waals surface area contributed by atoms with Crippen LogP contribution in [0.1, 0.15) is 25.8 Å². The van der Waals surface area contributed by atoms with Crippen molar-refractivity contribution in [2.24, 2.45) is 17.3 Å². The summed E-state index contributed by atoms with van der Waals surface area (Å²) in [5.74, 6) is -0.0559. The third kappa shape index (κ3) is 2.57. The number of hydrogen-bond acceptors (Lipinski definition) is 3. The summed E-state index contributed by atoms with van der Waals surface area (Å²) in [5, 5.41) is 0. The molecule has 1 heterocycles. The van der Waals surface area contributed by atoms with Crippen molar-refractivity contribution in [3.8, 4) is 0 Å². The maximum absolute atomic E-state index is 12.8. The lowest BCUT2D eigenvalue weighted by molar-refractivity contribution is -0.143. The van der Waals surface area contributed by atoms with Crippen LogP contribution in [0.3, 0.4) is 0 Å². The standard InChI is InChI=1S/C17H20O3S/c1-11-4-6-13(7-5-11)21(19)14-8-12-10-20-16(18)15(12)17(2,3)9-14/h4-7,9,12,15H,8,10H2,1-3H3/t12-,15-,21+/m1/s1. The molecule has 0 amide bonds. The van der Waals surface area contributed by atoms with Gasteiger partial charge in [-0.05, 0) is 30.9 Å². The van der Waals surface area contributed by atoms with Gasteiger partial charge in [-0.1, -0.05) is 37.6 Å². The number of carbonyl (C=O) groups is 1. The van der Waals surface area contributed by atoms with Gasteiger partial charge in [0.25, 0.3) is 0 Å². The predicted molar refractivity (Wildman–Crippen MR) is 82.0 cm³/mol. The zero-order valence-corrected chi connectivity index (χ0v) is 13.4. The summed E-state index contributed by atoms with van der Waals surface area (Å²) in [6.07, 6.45) is 2.71. The highest BCUT2D eigenvalue weighted by Gasteiger charge is 2.49. The van der Waals surface area contributed by atoms with Gasteiger partial charge in [0.1, 0.15) is 0 Å². The molecule has 1 fully saturated rings. The molecule has 3 rings (SSSR count). The van der Waals surface area contributed by atoms with Crippen LogP contribution in [0.4, 0.5) is 0 Å². The number of cyclic esters (lactones) is 1. The average molecular weight is 304 g/mol. The highest BCUT2D eigenvalue weighted by Crippen LogP contribution is 2.47. The predicted octanol–water partition coefficient (Wildman–Crippen LogP) is 3.21. The monoisotopic (exact) mass is 304 g/mol. The molecule has 0 radical (unpaired) electrons. The molecule has 0 N–H and O–H groups in total. The number of rotatable bonds is 2. The Labute approximate surface area is 127 Å². The first-order chi connectivity index (χ1) is 9.88. The molecule has 21 heavy (non-hydrogen) atoms. The topological polar surface area (TPSA) is 43.4 Å². The lowest BCUT2D eigenvalue weighted by Gasteiger charge is -2.35. The van der Waals surface area contributed by atoms with Gasteiger partial charge in [0.2, 0.25) is 0 Å². The van der Waals surface area contributed by atoms with E-state index in [1.54, 1.807) is 0 Å². The van der Waals surface area contributed by atoms with Crippen LogP contribution < -0.4 is 0 Å². The number of allylic oxidation sites excluding steroid dienone is 2. The molecule has 3 nitrogen and oxygen atoms in total. The van der Waals surface area contributed by atoms with Crippen LogP contribution in [-0.2, 0) is 20.3 Å². The molecular weight excluding hydrogens is 284 g/mol. The smallest absolute Gasteiger partial charge is 0.310 e. The van der Waals surface area contributed by atoms with Gasteiger partial charge in [-0.25, -0.2) is 4.21 Å². The number of benzene rings is 1. The Morgan fingerprint density at radius 2 is 1.90 bits per heavy atom. The molecule has 0 aromatic heterocycles. The number of carbonyl (C=O) groups excluding carboxylic acids is 1. The Bertz CT molecular complexity index is 628. The zero-order valence-electron chi connectivity index (χ0n) is 12.6. The van der Waals surface area contributed by atoms with Crippen LogP contribution in [0.15, 0.2) is 40.1 Å². The molecule has 0 bridgehead atoms. The van der Waals surface area contributed by atoms with Gasteiger partial charge in [-0.15, -0.1) is 0 Å². The molecule has 0 saturated carbocycles. The Morgan fingerprint density at radius 3 is 2.57 bits per heavy atom. The Morgan fingerprint density at radius 1 is 1.24 bits per heavy atom. The maximum Gasteiger partial charge on any atom is 0.310 e. The summed E-state index contributed by atoms with van der Waals surface area (Å²) in [7, 11) is -1.15. The summed E-state index contributed by atoms with van der Waals surface area (Å²) in [4.78, 5) is 13.6. The van der Waals surface area contributed by atoms with Crippen LogP contribution in [0.5, 0.6) is 0 Å². The van der Waals surface area contributed by atoms with Gasteiger partial charge >= 0.3 is 5.97 Å². The zero-order chi connectivity index (χ0) is 15.2. The van der Waals surface area contributed by atoms with Gasteiger partial charge in [0.15, 0.2) is 0 Å². The highest BCUT2D eigenvalue weighted by atomic mass is 32.2. The second kappa shape index (κ2) is 5.09. The lowest BCUT2D eigenvalue weighted by Crippen LogP contribution is -2.35. The second-order valence-corrected chi connectivity index (χ2v) is 8.12. The average Bonchev–Trinajstić information content (AvgIpc) is 2.80. The summed E-state index contributed by atoms with van der Waals surface area (Å²) >= 11 is 0. The first-order valence-corrected chi connectivity index (χ1v) is 8.40. The SMILES string of the molecule is Cc1ccc([S@](=O)C2=CC(C)(C)[C@H]3C(=O)OC[C@H]3C2)cc1. The third-order valence-electron chi connectivity index (χ3n) is 4.44. The first-order valence-electron chi connectivity index (χ1n) is 7.25. The molecule has 0 unspecified atom stereocenters. The molecule has 1 aliphatic heterocycles. The summed E-state index contributed by atoms with van der Waals surface area (Å²) < 4.78 is 18.0. The molecule has 4 heteroatoms. The van der Waals surface area contributed by atoms with Crippen LogP contribution >= 0.6 is 0 Å². The molecule has 1 aromatic rings. The van der Waals surface area contributed by atoms with Crippen LogP contribution in [0.25, 0.3) is 0 Å². The fraction of sp³-hybridized carbons (Fsp3) is 0.471. The van der Waals surface area contributed by atoms with Gasteiger partial charge in [0.05, 0.1) is 23.3 Å². The molecule has 0 spiro atoms. The Balaban J connectivity index is 1.92. The number of fused-ring (bicyclic) bond motifs is 1. The van der Waals surface area contributed by atoms with E-state index in [9.17, 15) is 9.00 Å². The molecule has 1 saturated heterocycles. The summed E-state index contributed by atoms with van der Waals surface area (Å²) in [6.45, 7) is 6.53. The molecule has 2 aliphatic rings. The van der Waals surface area contributed by atoms with Crippen molar-refractivity contribution in [1.29, 1.82) is 0 Å². The minimum absolute atomic E-state index is 0.101. The van der Waals surface area contributed by atoms with Crippen molar-refractivity contribution in [1.82, 2.24) is 0 Å². The number of esters is 1. The minimum atomic E-state index is -1.15. The molecule has 112 valence electrons. The Kier molecular flexibility index (Phi) is 3.52. The maximum atomic E-state index is 12.8. The fourth-order valence-corrected chi connectivity index (χ4v) is 4.88. The third-order valence-corrected chi connectivity index (χ3v) is 5.90. The van der Waals surface area contributed by atoms with Crippen LogP contribution in [-0.4, -0.2) is 16.8 Å². The van der Waals surface area contributed by atoms with Gasteiger partial charge in [-0.3, -0.25) is 4.79 Å². The lowest BCUT2D eigenvalue weighted by atomic mass is 9.68. The van der Waals surface area contributed by atoms with Gasteiger partial charge in [-0.2, -0.15) is 0 Å². The first kappa shape index (κ1) is 14.5. The van der Waals surface area contributed by atoms with E-state index in [1.165, 1.54) is 0 Å². The van der Waals surface area contributed by atoms with Gasteiger partial charge in [0, 0.05) is 15.7 Å². The van der Waals surface area contributed by atoms with E-state index >= 15 is 0 Å². The molecule has 1 aliphatic carbocycles. The van der Waals surface area contributed by atoms with Crippen molar-refractivity contribution in [3.63, 3.8) is 0 Å². The molecular formula is C17H20O3S. The van der Waals surface area contributed by atoms with E-state index < -0.39 is 10.8 Å². The van der Waals surface area contributed by atoms with Gasteiger partial charge < -0.3 is 4.74 Å². The minimum Gasteiger partial charge on any atom is -0.465 e. The summed E-state index contributed by atoms with van der Waals surface area (Å²) in [5.41, 5.74) is 0.857. The number of ether oxygens (including phenoxy) is 1. The largest absolute Gasteiger partial charge is 0.465 e. The van der Waals surface area contributed by atoms with Crippen LogP contribution in [0.2, 0.25) is 0 Å². The normalized spacial score (nSPS) is 28.5. The highest BCUT2D eigenvalue weighted by molar-refractivity contribution is 7.89. The van der Waals surface area contributed by atoms with Crippen molar-refractivity contribution < 1.29 is 13.7 Å². The van der Waals surface area contributed by atoms with Crippen molar-refractivity contribution >= 4 is 16.8 Å². The van der Waals surface area contributed by atoms with E-state index in [0.717, 1.165) is 15.4 Å². The van der Waals surface area contributed by atoms with Crippen molar-refractivity contribution in [3.05, 3.63) is 40.8 Å². The quantitative estimate of drug-likeness (QED) is 0.788. The van der Waals surface area contributed by atoms with E-state index in [2.05, 4.69) is 0 Å². The van der Waals surface area contributed by atoms with E-state index in [-0.39, 0.29) is 23.2 Å². The molecule has 1 aromatic carbocycles. The number of hydrogen-bond donors (Lipinski definition) is 0. The van der Waals surface area contributed by atoms with E-state index in [1.807, 2.05) is 51.1 Å². The second-order valence-electron chi connectivity index (χ2n) is 6.59. The van der Waals surface area contributed by atoms with Crippen molar-refractivity contribution in [2.75, 3.05) is 6.61 Å². The Hall–Kier alpha value is -1.42. The van der Waals surface area contributed by atoms with Crippen LogP contribution in [0, 0.1) is 24.2 Å². The van der Waals surface area contributed by atoms with E-state index in [4.69, 9.17) is 4.74 Å². The van der Waals surface area contributed by atoms with E-state index in [0.29, 0.717) is 13.0 Å². The number of aryl methyl sites for hydroxylation is 1. The summed E-state index contributed by atoms with van der Waals surface area (Å²) in [6, 6.07) is 7.79.